The van der Waals surface area contributed by atoms with Gasteiger partial charge in [0, 0.05) is 28.2 Å². The summed E-state index contributed by atoms with van der Waals surface area (Å²) in [6, 6.07) is 19.9. The molecule has 0 fully saturated rings. The predicted octanol–water partition coefficient (Wildman–Crippen LogP) is 5.28. The van der Waals surface area contributed by atoms with E-state index in [1.54, 1.807) is 63.2 Å². The van der Waals surface area contributed by atoms with E-state index in [1.807, 2.05) is 30.3 Å². The molecule has 3 aromatic rings. The number of hydrogen-bond donors (Lipinski definition) is 1. The smallest absolute Gasteiger partial charge is 0.244 e. The number of nitrogens with one attached hydrogen (secondary N) is 1. The molecule has 1 atom stereocenters. The Bertz CT molecular complexity index is 1400. The van der Waals surface area contributed by atoms with Crippen molar-refractivity contribution >= 4 is 50.7 Å². The van der Waals surface area contributed by atoms with Crippen molar-refractivity contribution in [3.05, 3.63) is 94.0 Å². The third-order valence-corrected chi connectivity index (χ3v) is 7.89. The number of hydrogen-bond acceptors (Lipinski definition) is 5. The lowest BCUT2D eigenvalue weighted by Gasteiger charge is -2.32. The van der Waals surface area contributed by atoms with Gasteiger partial charge < -0.3 is 15.0 Å². The molecule has 0 saturated heterocycles. The van der Waals surface area contributed by atoms with E-state index in [2.05, 4.69) is 5.32 Å². The number of benzene rings is 3. The van der Waals surface area contributed by atoms with Crippen molar-refractivity contribution in [1.29, 1.82) is 0 Å². The molecule has 11 heteroatoms. The SMILES string of the molecule is CC(C)NC(=O)C(C)N(Cc1c(Cl)cccc1Cl)C(=O)CN(c1ccc(OCc2ccccc2)cc1)S(C)(=O)=O. The fourth-order valence-electron chi connectivity index (χ4n) is 3.90. The first-order valence-electron chi connectivity index (χ1n) is 12.6. The number of halogens is 2. The van der Waals surface area contributed by atoms with Crippen LogP contribution < -0.4 is 14.4 Å². The van der Waals surface area contributed by atoms with Crippen LogP contribution in [0.5, 0.6) is 5.75 Å². The van der Waals surface area contributed by atoms with Crippen molar-refractivity contribution < 1.29 is 22.7 Å². The maximum absolute atomic E-state index is 13.7. The van der Waals surface area contributed by atoms with Gasteiger partial charge in [0.15, 0.2) is 0 Å². The molecule has 214 valence electrons. The standard InChI is InChI=1S/C29H33Cl2N3O5S/c1-20(2)32-29(36)21(3)33(17-25-26(30)11-8-12-27(25)31)28(35)18-34(40(4,37)38)23-13-15-24(16-14-23)39-19-22-9-6-5-7-10-22/h5-16,20-21H,17-19H2,1-4H3,(H,32,36). The summed E-state index contributed by atoms with van der Waals surface area (Å²) in [6.45, 7) is 4.91. The summed E-state index contributed by atoms with van der Waals surface area (Å²) in [5, 5.41) is 3.45. The Labute approximate surface area is 245 Å². The minimum absolute atomic E-state index is 0.0894. The Morgan fingerprint density at radius 3 is 2.05 bits per heavy atom. The van der Waals surface area contributed by atoms with Crippen LogP contribution in [0.15, 0.2) is 72.8 Å². The Morgan fingerprint density at radius 2 is 1.50 bits per heavy atom. The van der Waals surface area contributed by atoms with E-state index >= 15 is 0 Å². The van der Waals surface area contributed by atoms with Crippen molar-refractivity contribution in [2.45, 2.75) is 46.0 Å². The Hall–Kier alpha value is -3.27. The van der Waals surface area contributed by atoms with E-state index in [4.69, 9.17) is 27.9 Å². The number of nitrogens with zero attached hydrogens (tertiary/aromatic N) is 2. The predicted molar refractivity (Wildman–Crippen MR) is 159 cm³/mol. The largest absolute Gasteiger partial charge is 0.489 e. The van der Waals surface area contributed by atoms with E-state index in [1.165, 1.54) is 4.90 Å². The summed E-state index contributed by atoms with van der Waals surface area (Å²) >= 11 is 12.7. The first kappa shape index (κ1) is 31.3. The van der Waals surface area contributed by atoms with Gasteiger partial charge in [-0.05, 0) is 62.7 Å². The molecule has 0 aromatic heterocycles. The average molecular weight is 607 g/mol. The minimum atomic E-state index is -3.88. The van der Waals surface area contributed by atoms with Crippen molar-refractivity contribution in [3.63, 3.8) is 0 Å². The van der Waals surface area contributed by atoms with Crippen LogP contribution in [0, 0.1) is 0 Å². The zero-order valence-corrected chi connectivity index (χ0v) is 25.1. The molecule has 0 aliphatic rings. The quantitative estimate of drug-likeness (QED) is 0.303. The van der Waals surface area contributed by atoms with E-state index in [0.717, 1.165) is 16.1 Å². The molecule has 0 heterocycles. The molecular formula is C29H33Cl2N3O5S. The summed E-state index contributed by atoms with van der Waals surface area (Å²) in [6.07, 6.45) is 1.02. The molecule has 1 N–H and O–H groups in total. The van der Waals surface area contributed by atoms with E-state index in [0.29, 0.717) is 28.0 Å². The second-order valence-electron chi connectivity index (χ2n) is 9.60. The van der Waals surface area contributed by atoms with Crippen molar-refractivity contribution in [1.82, 2.24) is 10.2 Å². The van der Waals surface area contributed by atoms with Crippen LogP contribution in [-0.4, -0.2) is 50.0 Å². The number of ether oxygens (including phenoxy) is 1. The van der Waals surface area contributed by atoms with Gasteiger partial charge in [-0.25, -0.2) is 8.42 Å². The third kappa shape index (κ3) is 8.61. The molecular weight excluding hydrogens is 573 g/mol. The lowest BCUT2D eigenvalue weighted by Crippen LogP contribution is -2.52. The monoisotopic (exact) mass is 605 g/mol. The highest BCUT2D eigenvalue weighted by Crippen LogP contribution is 2.28. The zero-order valence-electron chi connectivity index (χ0n) is 22.8. The normalized spacial score (nSPS) is 12.1. The second kappa shape index (κ2) is 13.9. The number of amides is 2. The summed E-state index contributed by atoms with van der Waals surface area (Å²) in [5.74, 6) is -0.448. The van der Waals surface area contributed by atoms with Crippen LogP contribution in [0.25, 0.3) is 0 Å². The molecule has 0 radical (unpaired) electrons. The average Bonchev–Trinajstić information content (AvgIpc) is 2.90. The van der Waals surface area contributed by atoms with Crippen LogP contribution in [-0.2, 0) is 32.8 Å². The summed E-state index contributed by atoms with van der Waals surface area (Å²) in [4.78, 5) is 27.9. The van der Waals surface area contributed by atoms with Gasteiger partial charge in [0.25, 0.3) is 0 Å². The Kier molecular flexibility index (Phi) is 10.8. The second-order valence-corrected chi connectivity index (χ2v) is 12.3. The van der Waals surface area contributed by atoms with Gasteiger partial charge in [0.1, 0.15) is 24.9 Å². The number of carbonyl (C=O) groups is 2. The first-order chi connectivity index (χ1) is 18.9. The van der Waals surface area contributed by atoms with E-state index < -0.39 is 34.4 Å². The number of anilines is 1. The summed E-state index contributed by atoms with van der Waals surface area (Å²) < 4.78 is 32.4. The van der Waals surface area contributed by atoms with Crippen LogP contribution in [0.3, 0.4) is 0 Å². The van der Waals surface area contributed by atoms with Gasteiger partial charge >= 0.3 is 0 Å². The molecule has 0 saturated carbocycles. The van der Waals surface area contributed by atoms with E-state index in [9.17, 15) is 18.0 Å². The highest BCUT2D eigenvalue weighted by Gasteiger charge is 2.31. The molecule has 3 rings (SSSR count). The molecule has 0 aliphatic heterocycles. The molecule has 8 nitrogen and oxygen atoms in total. The van der Waals surface area contributed by atoms with Gasteiger partial charge in [-0.1, -0.05) is 59.6 Å². The Morgan fingerprint density at radius 1 is 0.900 bits per heavy atom. The summed E-state index contributed by atoms with van der Waals surface area (Å²) in [7, 11) is -3.88. The van der Waals surface area contributed by atoms with Crippen LogP contribution in [0.1, 0.15) is 31.9 Å². The highest BCUT2D eigenvalue weighted by molar-refractivity contribution is 7.92. The van der Waals surface area contributed by atoms with Gasteiger partial charge in [-0.3, -0.25) is 13.9 Å². The first-order valence-corrected chi connectivity index (χ1v) is 15.2. The van der Waals surface area contributed by atoms with Crippen molar-refractivity contribution in [3.8, 4) is 5.75 Å². The third-order valence-electron chi connectivity index (χ3n) is 6.04. The fraction of sp³-hybridized carbons (Fsp3) is 0.310. The number of rotatable bonds is 12. The molecule has 0 spiro atoms. The van der Waals surface area contributed by atoms with Gasteiger partial charge in [-0.15, -0.1) is 0 Å². The molecule has 1 unspecified atom stereocenters. The van der Waals surface area contributed by atoms with Crippen molar-refractivity contribution in [2.24, 2.45) is 0 Å². The molecule has 3 aromatic carbocycles. The molecule has 0 aliphatic carbocycles. The highest BCUT2D eigenvalue weighted by atomic mass is 35.5. The number of sulfonamides is 1. The van der Waals surface area contributed by atoms with Crippen LogP contribution in [0.4, 0.5) is 5.69 Å². The summed E-state index contributed by atoms with van der Waals surface area (Å²) in [5.41, 5.74) is 1.72. The van der Waals surface area contributed by atoms with E-state index in [-0.39, 0.29) is 18.3 Å². The van der Waals surface area contributed by atoms with Gasteiger partial charge in [-0.2, -0.15) is 0 Å². The topological polar surface area (TPSA) is 96.0 Å². The number of carbonyl (C=O) groups excluding carboxylic acids is 2. The fourth-order valence-corrected chi connectivity index (χ4v) is 5.27. The van der Waals surface area contributed by atoms with Crippen LogP contribution >= 0.6 is 23.2 Å². The van der Waals surface area contributed by atoms with Gasteiger partial charge in [0.05, 0.1) is 11.9 Å². The van der Waals surface area contributed by atoms with Crippen molar-refractivity contribution in [2.75, 3.05) is 17.1 Å². The lowest BCUT2D eigenvalue weighted by atomic mass is 10.1. The zero-order chi connectivity index (χ0) is 29.4. The lowest BCUT2D eigenvalue weighted by molar-refractivity contribution is -0.139. The molecule has 40 heavy (non-hydrogen) atoms. The molecule has 2 amide bonds. The molecule has 0 bridgehead atoms. The maximum atomic E-state index is 13.7. The van der Waals surface area contributed by atoms with Crippen LogP contribution in [0.2, 0.25) is 10.0 Å². The van der Waals surface area contributed by atoms with Gasteiger partial charge in [0.2, 0.25) is 21.8 Å². The minimum Gasteiger partial charge on any atom is -0.489 e. The maximum Gasteiger partial charge on any atom is 0.244 e. The Balaban J connectivity index is 1.86.